The fraction of sp³-hybridized carbons (Fsp3) is 0.538. The Kier molecular flexibility index (Phi) is 4.22. The molecule has 1 saturated heterocycles. The van der Waals surface area contributed by atoms with Gasteiger partial charge >= 0.3 is 5.97 Å². The van der Waals surface area contributed by atoms with Crippen molar-refractivity contribution in [3.05, 3.63) is 21.6 Å². The van der Waals surface area contributed by atoms with E-state index in [1.165, 1.54) is 16.7 Å². The van der Waals surface area contributed by atoms with Crippen LogP contribution in [0.15, 0.2) is 21.6 Å². The zero-order valence-corrected chi connectivity index (χ0v) is 12.2. The number of aliphatic hydroxyl groups excluding tert-OH is 1. The Hall–Kier alpha value is -1.31. The molecule has 0 radical (unpaired) electrons. The standard InChI is InChI=1S/C13H18N2O4S/c1-6(3-4-14)20-9-5-8-10(7(2)16)12(17)15(8)11(9)13(18)19/h3,7-8,10,16H,4-5,14H2,1-2H3,(H,18,19)/t7-,8-,10-/m1/s1. The Morgan fingerprint density at radius 2 is 2.30 bits per heavy atom. The summed E-state index contributed by atoms with van der Waals surface area (Å²) in [6.07, 6.45) is 1.52. The topological polar surface area (TPSA) is 104 Å². The Bertz CT molecular complexity index is 513. The van der Waals surface area contributed by atoms with Gasteiger partial charge in [-0.3, -0.25) is 4.79 Å². The normalized spacial score (nSPS) is 27.5. The third kappa shape index (κ3) is 2.36. The largest absolute Gasteiger partial charge is 0.477 e. The first kappa shape index (κ1) is 15.1. The monoisotopic (exact) mass is 298 g/mol. The number of thioether (sulfide) groups is 1. The molecule has 3 atom stereocenters. The van der Waals surface area contributed by atoms with Crippen molar-refractivity contribution >= 4 is 23.6 Å². The van der Waals surface area contributed by atoms with Crippen molar-refractivity contribution in [2.45, 2.75) is 32.4 Å². The number of hydrogen-bond acceptors (Lipinski definition) is 5. The van der Waals surface area contributed by atoms with Crippen LogP contribution >= 0.6 is 11.8 Å². The number of carboxylic acids is 1. The average Bonchev–Trinajstić information content (AvgIpc) is 2.63. The van der Waals surface area contributed by atoms with E-state index in [-0.39, 0.29) is 17.6 Å². The quantitative estimate of drug-likeness (QED) is 0.638. The summed E-state index contributed by atoms with van der Waals surface area (Å²) in [6.45, 7) is 3.80. The van der Waals surface area contributed by atoms with Crippen LogP contribution in [0.3, 0.4) is 0 Å². The molecule has 0 aromatic rings. The maximum atomic E-state index is 12.0. The van der Waals surface area contributed by atoms with E-state index in [0.717, 1.165) is 4.91 Å². The minimum absolute atomic E-state index is 0.0478. The zero-order valence-electron chi connectivity index (χ0n) is 11.4. The number of fused-ring (bicyclic) bond motifs is 1. The summed E-state index contributed by atoms with van der Waals surface area (Å²) in [5, 5.41) is 18.9. The van der Waals surface area contributed by atoms with E-state index >= 15 is 0 Å². The van der Waals surface area contributed by atoms with Gasteiger partial charge in [-0.15, -0.1) is 0 Å². The van der Waals surface area contributed by atoms with Crippen LogP contribution in [0.25, 0.3) is 0 Å². The number of aliphatic hydroxyl groups is 1. The van der Waals surface area contributed by atoms with Gasteiger partial charge in [-0.05, 0) is 18.8 Å². The number of amides is 1. The summed E-state index contributed by atoms with van der Waals surface area (Å²) in [6, 6.07) is -0.234. The van der Waals surface area contributed by atoms with E-state index in [1.807, 2.05) is 6.92 Å². The van der Waals surface area contributed by atoms with Crippen LogP contribution in [0.4, 0.5) is 0 Å². The molecule has 0 saturated carbocycles. The fourth-order valence-corrected chi connectivity index (χ4v) is 3.83. The Morgan fingerprint density at radius 1 is 1.65 bits per heavy atom. The first-order chi connectivity index (χ1) is 9.38. The lowest BCUT2D eigenvalue weighted by Gasteiger charge is -2.44. The second-order valence-corrected chi connectivity index (χ2v) is 6.32. The highest BCUT2D eigenvalue weighted by atomic mass is 32.2. The van der Waals surface area contributed by atoms with Gasteiger partial charge in [-0.25, -0.2) is 4.79 Å². The molecule has 0 bridgehead atoms. The molecule has 2 aliphatic heterocycles. The molecule has 1 amide bonds. The molecule has 6 nitrogen and oxygen atoms in total. The van der Waals surface area contributed by atoms with Gasteiger partial charge in [0.25, 0.3) is 0 Å². The van der Waals surface area contributed by atoms with Crippen molar-refractivity contribution in [1.82, 2.24) is 4.90 Å². The SMILES string of the molecule is CC(=CCN)SC1=C(C(=O)O)N2C(=O)[C@H]([C@@H](C)O)[C@H]2C1. The molecule has 0 aromatic heterocycles. The summed E-state index contributed by atoms with van der Waals surface area (Å²) in [7, 11) is 0. The van der Waals surface area contributed by atoms with Gasteiger partial charge in [0.1, 0.15) is 5.70 Å². The molecule has 0 spiro atoms. The van der Waals surface area contributed by atoms with Crippen molar-refractivity contribution in [1.29, 1.82) is 0 Å². The zero-order chi connectivity index (χ0) is 15.0. The highest BCUT2D eigenvalue weighted by molar-refractivity contribution is 8.06. The van der Waals surface area contributed by atoms with Gasteiger partial charge in [-0.1, -0.05) is 17.8 Å². The second kappa shape index (κ2) is 5.59. The van der Waals surface area contributed by atoms with E-state index in [4.69, 9.17) is 5.73 Å². The van der Waals surface area contributed by atoms with Crippen LogP contribution in [0.5, 0.6) is 0 Å². The van der Waals surface area contributed by atoms with Gasteiger partial charge < -0.3 is 20.8 Å². The maximum Gasteiger partial charge on any atom is 0.353 e. The van der Waals surface area contributed by atoms with Crippen LogP contribution < -0.4 is 5.73 Å². The highest BCUT2D eigenvalue weighted by Crippen LogP contribution is 2.48. The van der Waals surface area contributed by atoms with Gasteiger partial charge in [0.15, 0.2) is 0 Å². The molecule has 2 rings (SSSR count). The molecule has 4 N–H and O–H groups in total. The molecule has 2 heterocycles. The van der Waals surface area contributed by atoms with Crippen LogP contribution in [0.1, 0.15) is 20.3 Å². The molecular formula is C13H18N2O4S. The number of nitrogens with two attached hydrogens (primary N) is 1. The first-order valence-electron chi connectivity index (χ1n) is 6.40. The molecule has 0 aromatic carbocycles. The minimum Gasteiger partial charge on any atom is -0.477 e. The van der Waals surface area contributed by atoms with Gasteiger partial charge in [0.05, 0.1) is 18.1 Å². The Balaban J connectivity index is 2.26. The second-order valence-electron chi connectivity index (χ2n) is 4.98. The lowest BCUT2D eigenvalue weighted by Crippen LogP contribution is -2.61. The van der Waals surface area contributed by atoms with E-state index in [0.29, 0.717) is 17.9 Å². The van der Waals surface area contributed by atoms with Crippen LogP contribution in [0, 0.1) is 5.92 Å². The number of nitrogens with zero attached hydrogens (tertiary/aromatic N) is 1. The highest BCUT2D eigenvalue weighted by Gasteiger charge is 2.56. The van der Waals surface area contributed by atoms with Crippen molar-refractivity contribution in [2.24, 2.45) is 11.7 Å². The van der Waals surface area contributed by atoms with Crippen molar-refractivity contribution in [3.63, 3.8) is 0 Å². The Morgan fingerprint density at radius 3 is 2.80 bits per heavy atom. The predicted molar refractivity (Wildman–Crippen MR) is 75.5 cm³/mol. The molecular weight excluding hydrogens is 280 g/mol. The van der Waals surface area contributed by atoms with Crippen LogP contribution in [-0.4, -0.2) is 45.7 Å². The summed E-state index contributed by atoms with van der Waals surface area (Å²) in [4.78, 5) is 26.2. The van der Waals surface area contributed by atoms with Crippen molar-refractivity contribution in [3.8, 4) is 0 Å². The summed E-state index contributed by atoms with van der Waals surface area (Å²) < 4.78 is 0. The smallest absolute Gasteiger partial charge is 0.353 e. The van der Waals surface area contributed by atoms with E-state index in [1.54, 1.807) is 13.0 Å². The van der Waals surface area contributed by atoms with E-state index in [2.05, 4.69) is 0 Å². The molecule has 0 aliphatic carbocycles. The molecule has 110 valence electrons. The van der Waals surface area contributed by atoms with Crippen molar-refractivity contribution < 1.29 is 19.8 Å². The van der Waals surface area contributed by atoms with Gasteiger partial charge in [-0.2, -0.15) is 0 Å². The molecule has 1 fully saturated rings. The van der Waals surface area contributed by atoms with Crippen molar-refractivity contribution in [2.75, 3.05) is 6.54 Å². The Labute approximate surface area is 121 Å². The number of hydrogen-bond donors (Lipinski definition) is 3. The van der Waals surface area contributed by atoms with Crippen LogP contribution in [-0.2, 0) is 9.59 Å². The first-order valence-corrected chi connectivity index (χ1v) is 7.22. The lowest BCUT2D eigenvalue weighted by atomic mass is 9.83. The number of β-lactam (4-membered cyclic amide) rings is 1. The fourth-order valence-electron chi connectivity index (χ4n) is 2.72. The van der Waals surface area contributed by atoms with E-state index in [9.17, 15) is 19.8 Å². The van der Waals surface area contributed by atoms with Crippen LogP contribution in [0.2, 0.25) is 0 Å². The third-order valence-corrected chi connectivity index (χ3v) is 4.68. The molecule has 2 aliphatic rings. The number of carboxylic acid groups (broad SMARTS) is 1. The number of carbonyl (C=O) groups excluding carboxylic acids is 1. The van der Waals surface area contributed by atoms with E-state index < -0.39 is 18.0 Å². The lowest BCUT2D eigenvalue weighted by molar-refractivity contribution is -0.161. The average molecular weight is 298 g/mol. The number of aliphatic carboxylic acids is 1. The van der Waals surface area contributed by atoms with Gasteiger partial charge in [0.2, 0.25) is 5.91 Å². The predicted octanol–water partition coefficient (Wildman–Crippen LogP) is 0.490. The number of rotatable bonds is 5. The summed E-state index contributed by atoms with van der Waals surface area (Å²) in [5.74, 6) is -1.91. The summed E-state index contributed by atoms with van der Waals surface area (Å²) in [5.41, 5.74) is 5.48. The third-order valence-electron chi connectivity index (χ3n) is 3.58. The minimum atomic E-state index is -1.10. The maximum absolute atomic E-state index is 12.0. The number of carbonyl (C=O) groups is 2. The molecule has 20 heavy (non-hydrogen) atoms. The number of allylic oxidation sites excluding steroid dienone is 1. The molecule has 0 unspecified atom stereocenters. The molecule has 7 heteroatoms. The summed E-state index contributed by atoms with van der Waals surface area (Å²) >= 11 is 1.34. The van der Waals surface area contributed by atoms with Gasteiger partial charge in [0, 0.05) is 17.9 Å².